The Kier molecular flexibility index (Phi) is 2.81. The Balaban J connectivity index is 2.61. The zero-order chi connectivity index (χ0) is 9.14. The normalized spacial score (nSPS) is 20.3. The summed E-state index contributed by atoms with van der Waals surface area (Å²) in [6.07, 6.45) is 0.835. The van der Waals surface area contributed by atoms with Crippen LogP contribution >= 0.6 is 0 Å². The predicted octanol–water partition coefficient (Wildman–Crippen LogP) is -0.303. The smallest absolute Gasteiger partial charge is 0.243 e. The van der Waals surface area contributed by atoms with E-state index in [0.29, 0.717) is 19.6 Å². The Labute approximate surface area is 72.1 Å². The Morgan fingerprint density at radius 1 is 1.25 bits per heavy atom. The zero-order valence-electron chi connectivity index (χ0n) is 7.54. The van der Waals surface area contributed by atoms with Crippen LogP contribution in [-0.4, -0.2) is 48.3 Å². The first-order valence-corrected chi connectivity index (χ1v) is 4.17. The molecule has 0 radical (unpaired) electrons. The van der Waals surface area contributed by atoms with E-state index in [9.17, 15) is 9.59 Å². The molecule has 1 fully saturated rings. The van der Waals surface area contributed by atoms with Crippen molar-refractivity contribution >= 4 is 11.8 Å². The fourth-order valence-electron chi connectivity index (χ4n) is 1.30. The molecule has 0 unspecified atom stereocenters. The Morgan fingerprint density at radius 2 is 1.75 bits per heavy atom. The van der Waals surface area contributed by atoms with Crippen molar-refractivity contribution in [3.8, 4) is 0 Å². The third-order valence-corrected chi connectivity index (χ3v) is 1.86. The topological polar surface area (TPSA) is 40.6 Å². The van der Waals surface area contributed by atoms with Crippen molar-refractivity contribution in [1.29, 1.82) is 0 Å². The molecule has 0 bridgehead atoms. The molecule has 68 valence electrons. The van der Waals surface area contributed by atoms with Gasteiger partial charge in [0, 0.05) is 6.54 Å². The molecule has 0 aromatic heterocycles. The van der Waals surface area contributed by atoms with Crippen LogP contribution in [-0.2, 0) is 9.59 Å². The molecule has 0 aliphatic carbocycles. The highest BCUT2D eigenvalue weighted by Crippen LogP contribution is 2.03. The molecule has 0 aromatic carbocycles. The number of piperazine rings is 1. The van der Waals surface area contributed by atoms with Gasteiger partial charge in [0.15, 0.2) is 0 Å². The van der Waals surface area contributed by atoms with Crippen LogP contribution in [0.3, 0.4) is 0 Å². The lowest BCUT2D eigenvalue weighted by Gasteiger charge is -2.29. The van der Waals surface area contributed by atoms with Gasteiger partial charge < -0.3 is 0 Å². The summed E-state index contributed by atoms with van der Waals surface area (Å²) in [7, 11) is 1.78. The maximum absolute atomic E-state index is 11.3. The summed E-state index contributed by atoms with van der Waals surface area (Å²) in [4.78, 5) is 25.6. The van der Waals surface area contributed by atoms with Crippen LogP contribution in [0.15, 0.2) is 0 Å². The lowest BCUT2D eigenvalue weighted by molar-refractivity contribution is -0.150. The Bertz CT molecular complexity index is 185. The van der Waals surface area contributed by atoms with Crippen LogP contribution < -0.4 is 0 Å². The average molecular weight is 170 g/mol. The molecule has 0 saturated carbocycles. The minimum Gasteiger partial charge on any atom is -0.289 e. The molecule has 12 heavy (non-hydrogen) atoms. The van der Waals surface area contributed by atoms with E-state index in [-0.39, 0.29) is 11.8 Å². The second kappa shape index (κ2) is 3.67. The van der Waals surface area contributed by atoms with E-state index in [1.807, 2.05) is 6.92 Å². The van der Waals surface area contributed by atoms with E-state index in [1.165, 1.54) is 4.90 Å². The fourth-order valence-corrected chi connectivity index (χ4v) is 1.30. The maximum Gasteiger partial charge on any atom is 0.243 e. The van der Waals surface area contributed by atoms with E-state index in [0.717, 1.165) is 6.42 Å². The predicted molar refractivity (Wildman–Crippen MR) is 44.5 cm³/mol. The molecule has 1 aliphatic heterocycles. The molecule has 2 amide bonds. The van der Waals surface area contributed by atoms with Gasteiger partial charge >= 0.3 is 0 Å². The third-order valence-electron chi connectivity index (χ3n) is 1.86. The lowest BCUT2D eigenvalue weighted by Crippen LogP contribution is -2.52. The molecule has 1 aliphatic rings. The molecule has 4 heteroatoms. The summed E-state index contributed by atoms with van der Waals surface area (Å²) < 4.78 is 0. The third kappa shape index (κ3) is 1.82. The van der Waals surface area contributed by atoms with E-state index in [4.69, 9.17) is 0 Å². The lowest BCUT2D eigenvalue weighted by atomic mass is 10.3. The number of amides is 2. The molecule has 1 heterocycles. The minimum atomic E-state index is -0.0735. The number of carbonyl (C=O) groups is 2. The van der Waals surface area contributed by atoms with Gasteiger partial charge in [-0.05, 0) is 13.5 Å². The van der Waals surface area contributed by atoms with Gasteiger partial charge in [-0.1, -0.05) is 6.92 Å². The first-order valence-electron chi connectivity index (χ1n) is 4.17. The monoisotopic (exact) mass is 170 g/mol. The van der Waals surface area contributed by atoms with Gasteiger partial charge in [-0.25, -0.2) is 0 Å². The number of likely N-dealkylation sites (N-methyl/N-ethyl adjacent to an activating group) is 1. The van der Waals surface area contributed by atoms with Crippen LogP contribution in [0.5, 0.6) is 0 Å². The quantitative estimate of drug-likeness (QED) is 0.534. The average Bonchev–Trinajstić information content (AvgIpc) is 1.96. The summed E-state index contributed by atoms with van der Waals surface area (Å²) in [5.74, 6) is -0.147. The number of nitrogens with zero attached hydrogens (tertiary/aromatic N) is 2. The van der Waals surface area contributed by atoms with Crippen molar-refractivity contribution in [2.45, 2.75) is 13.3 Å². The summed E-state index contributed by atoms with van der Waals surface area (Å²) >= 11 is 0. The van der Waals surface area contributed by atoms with Crippen LogP contribution in [0.25, 0.3) is 0 Å². The van der Waals surface area contributed by atoms with Crippen molar-refractivity contribution in [2.75, 3.05) is 26.7 Å². The molecule has 1 rings (SSSR count). The standard InChI is InChI=1S/C8H14N2O2/c1-3-4-10-7(11)5-9(2)6-8(10)12/h3-6H2,1-2H3. The van der Waals surface area contributed by atoms with Gasteiger partial charge in [0.2, 0.25) is 11.8 Å². The van der Waals surface area contributed by atoms with E-state index < -0.39 is 0 Å². The first kappa shape index (κ1) is 9.19. The van der Waals surface area contributed by atoms with Gasteiger partial charge in [-0.15, -0.1) is 0 Å². The number of rotatable bonds is 2. The van der Waals surface area contributed by atoms with Gasteiger partial charge in [-0.2, -0.15) is 0 Å². The summed E-state index contributed by atoms with van der Waals surface area (Å²) in [5.41, 5.74) is 0. The van der Waals surface area contributed by atoms with Crippen molar-refractivity contribution in [2.24, 2.45) is 0 Å². The molecule has 0 spiro atoms. The molecule has 4 nitrogen and oxygen atoms in total. The van der Waals surface area contributed by atoms with Gasteiger partial charge in [-0.3, -0.25) is 19.4 Å². The van der Waals surface area contributed by atoms with Crippen molar-refractivity contribution in [3.05, 3.63) is 0 Å². The Morgan fingerprint density at radius 3 is 2.17 bits per heavy atom. The van der Waals surface area contributed by atoms with E-state index >= 15 is 0 Å². The van der Waals surface area contributed by atoms with Crippen molar-refractivity contribution in [3.63, 3.8) is 0 Å². The van der Waals surface area contributed by atoms with Crippen LogP contribution in [0.4, 0.5) is 0 Å². The molecule has 0 atom stereocenters. The van der Waals surface area contributed by atoms with Gasteiger partial charge in [0.1, 0.15) is 0 Å². The SMILES string of the molecule is CCCN1C(=O)CN(C)CC1=O. The highest BCUT2D eigenvalue weighted by molar-refractivity contribution is 5.99. The highest BCUT2D eigenvalue weighted by Gasteiger charge is 2.27. The van der Waals surface area contributed by atoms with Crippen molar-refractivity contribution < 1.29 is 9.59 Å². The molecular weight excluding hydrogens is 156 g/mol. The summed E-state index contributed by atoms with van der Waals surface area (Å²) in [6.45, 7) is 3.25. The first-order chi connectivity index (χ1) is 5.65. The largest absolute Gasteiger partial charge is 0.289 e. The maximum atomic E-state index is 11.3. The van der Waals surface area contributed by atoms with Crippen LogP contribution in [0.1, 0.15) is 13.3 Å². The second-order valence-corrected chi connectivity index (χ2v) is 3.11. The molecule has 0 aromatic rings. The van der Waals surface area contributed by atoms with E-state index in [1.54, 1.807) is 11.9 Å². The zero-order valence-corrected chi connectivity index (χ0v) is 7.54. The highest BCUT2D eigenvalue weighted by atomic mass is 16.2. The van der Waals surface area contributed by atoms with Gasteiger partial charge in [0.25, 0.3) is 0 Å². The van der Waals surface area contributed by atoms with Crippen molar-refractivity contribution in [1.82, 2.24) is 9.80 Å². The van der Waals surface area contributed by atoms with E-state index in [2.05, 4.69) is 0 Å². The van der Waals surface area contributed by atoms with Crippen LogP contribution in [0.2, 0.25) is 0 Å². The number of imide groups is 1. The Hall–Kier alpha value is -0.900. The number of carbonyl (C=O) groups excluding carboxylic acids is 2. The molecular formula is C8H14N2O2. The van der Waals surface area contributed by atoms with Gasteiger partial charge in [0.05, 0.1) is 13.1 Å². The fraction of sp³-hybridized carbons (Fsp3) is 0.750. The number of hydrogen-bond acceptors (Lipinski definition) is 3. The van der Waals surface area contributed by atoms with Crippen LogP contribution in [0, 0.1) is 0 Å². The molecule has 0 N–H and O–H groups in total. The summed E-state index contributed by atoms with van der Waals surface area (Å²) in [5, 5.41) is 0. The molecule has 1 saturated heterocycles. The number of hydrogen-bond donors (Lipinski definition) is 0. The minimum absolute atomic E-state index is 0.0735. The summed E-state index contributed by atoms with van der Waals surface area (Å²) in [6, 6.07) is 0. The second-order valence-electron chi connectivity index (χ2n) is 3.11.